The molecule has 0 amide bonds. The maximum absolute atomic E-state index is 13.7. The number of hydrogen-bond donors (Lipinski definition) is 2. The van der Waals surface area contributed by atoms with Gasteiger partial charge in [-0.05, 0) is 55.0 Å². The summed E-state index contributed by atoms with van der Waals surface area (Å²) >= 11 is 0. The van der Waals surface area contributed by atoms with Crippen molar-refractivity contribution in [2.24, 2.45) is 0 Å². The van der Waals surface area contributed by atoms with Crippen LogP contribution in [0.5, 0.6) is 5.75 Å². The fraction of sp³-hybridized carbons (Fsp3) is 0.480. The molecule has 6 nitrogen and oxygen atoms in total. The fourth-order valence-electron chi connectivity index (χ4n) is 4.62. The average molecular weight is 460 g/mol. The van der Waals surface area contributed by atoms with E-state index >= 15 is 0 Å². The Bertz CT molecular complexity index is 1050. The molecule has 2 atom stereocenters. The number of benzene rings is 1. The number of rotatable bonds is 8. The zero-order valence-corrected chi connectivity index (χ0v) is 19.9. The minimum atomic E-state index is -3.63. The standard InChI is InChI=1S/C25H33NO5S/c1-4-6-14-25(5-2)17-32(29,30)22-15-19(12-13-23(27)28)21(31-3)16-20(22)24(26-25)18-10-8-7-9-11-18/h7-8,10,12-13,15-16,24,26H,4-6,9,11,14,17H2,1-3H3,(H,27,28)/b13-12+/t24-,25-/m1/s1. The van der Waals surface area contributed by atoms with Crippen LogP contribution in [-0.4, -0.2) is 37.9 Å². The first-order chi connectivity index (χ1) is 15.2. The molecule has 0 aromatic heterocycles. The highest BCUT2D eigenvalue weighted by molar-refractivity contribution is 7.91. The quantitative estimate of drug-likeness (QED) is 0.541. The molecule has 0 saturated carbocycles. The molecule has 3 rings (SSSR count). The van der Waals surface area contributed by atoms with Gasteiger partial charge >= 0.3 is 5.97 Å². The molecule has 174 valence electrons. The smallest absolute Gasteiger partial charge is 0.328 e. The van der Waals surface area contributed by atoms with Gasteiger partial charge in [0, 0.05) is 17.2 Å². The first kappa shape index (κ1) is 24.3. The third-order valence-corrected chi connectivity index (χ3v) is 8.39. The van der Waals surface area contributed by atoms with E-state index in [-0.39, 0.29) is 16.7 Å². The van der Waals surface area contributed by atoms with Crippen molar-refractivity contribution in [3.05, 3.63) is 53.1 Å². The van der Waals surface area contributed by atoms with Crippen LogP contribution in [0.4, 0.5) is 0 Å². The van der Waals surface area contributed by atoms with Gasteiger partial charge in [0.15, 0.2) is 9.84 Å². The van der Waals surface area contributed by atoms with Crippen molar-refractivity contribution in [2.75, 3.05) is 12.9 Å². The van der Waals surface area contributed by atoms with E-state index in [2.05, 4.69) is 24.4 Å². The molecular formula is C25H33NO5S. The molecule has 7 heteroatoms. The number of methoxy groups -OCH3 is 1. The summed E-state index contributed by atoms with van der Waals surface area (Å²) in [4.78, 5) is 11.3. The van der Waals surface area contributed by atoms with E-state index in [0.29, 0.717) is 23.3 Å². The Balaban J connectivity index is 2.25. The minimum Gasteiger partial charge on any atom is -0.496 e. The molecular weight excluding hydrogens is 426 g/mol. The molecule has 0 radical (unpaired) electrons. The highest BCUT2D eigenvalue weighted by Crippen LogP contribution is 2.42. The van der Waals surface area contributed by atoms with Gasteiger partial charge < -0.3 is 9.84 Å². The first-order valence-electron chi connectivity index (χ1n) is 11.2. The van der Waals surface area contributed by atoms with Crippen molar-refractivity contribution < 1.29 is 23.1 Å². The highest BCUT2D eigenvalue weighted by Gasteiger charge is 2.42. The minimum absolute atomic E-state index is 0.0114. The summed E-state index contributed by atoms with van der Waals surface area (Å²) in [5.74, 6) is -0.641. The van der Waals surface area contributed by atoms with E-state index in [1.807, 2.05) is 13.0 Å². The number of nitrogens with one attached hydrogen (secondary N) is 1. The largest absolute Gasteiger partial charge is 0.496 e. The van der Waals surface area contributed by atoms with Crippen LogP contribution >= 0.6 is 0 Å². The van der Waals surface area contributed by atoms with Gasteiger partial charge in [-0.25, -0.2) is 13.2 Å². The van der Waals surface area contributed by atoms with Crippen molar-refractivity contribution >= 4 is 21.9 Å². The van der Waals surface area contributed by atoms with Crippen LogP contribution in [0.15, 0.2) is 46.9 Å². The zero-order chi connectivity index (χ0) is 23.4. The molecule has 1 aromatic rings. The second-order valence-corrected chi connectivity index (χ2v) is 10.5. The van der Waals surface area contributed by atoms with Crippen LogP contribution in [0.2, 0.25) is 0 Å². The lowest BCUT2D eigenvalue weighted by molar-refractivity contribution is -0.131. The molecule has 1 aliphatic heterocycles. The Labute approximate surface area is 191 Å². The van der Waals surface area contributed by atoms with Gasteiger partial charge in [0.2, 0.25) is 0 Å². The molecule has 2 aliphatic rings. The Hall–Kier alpha value is -2.38. The van der Waals surface area contributed by atoms with Gasteiger partial charge in [-0.3, -0.25) is 5.32 Å². The number of carboxylic acid groups (broad SMARTS) is 1. The van der Waals surface area contributed by atoms with Gasteiger partial charge in [-0.2, -0.15) is 0 Å². The Morgan fingerprint density at radius 1 is 1.34 bits per heavy atom. The van der Waals surface area contributed by atoms with E-state index < -0.39 is 21.3 Å². The van der Waals surface area contributed by atoms with E-state index in [0.717, 1.165) is 43.8 Å². The average Bonchev–Trinajstić information content (AvgIpc) is 2.88. The van der Waals surface area contributed by atoms with E-state index in [4.69, 9.17) is 9.84 Å². The van der Waals surface area contributed by atoms with Gasteiger partial charge in [-0.1, -0.05) is 44.9 Å². The van der Waals surface area contributed by atoms with E-state index in [1.54, 1.807) is 12.1 Å². The van der Waals surface area contributed by atoms with Crippen LogP contribution in [0.1, 0.15) is 69.5 Å². The number of ether oxygens (including phenoxy) is 1. The van der Waals surface area contributed by atoms with Crippen LogP contribution in [0.25, 0.3) is 6.08 Å². The van der Waals surface area contributed by atoms with Crippen LogP contribution in [-0.2, 0) is 14.6 Å². The van der Waals surface area contributed by atoms with Crippen molar-refractivity contribution in [1.29, 1.82) is 0 Å². The lowest BCUT2D eigenvalue weighted by atomic mass is 9.86. The normalized spacial score (nSPS) is 24.6. The SMILES string of the molecule is CCCC[C@]1(CC)CS(=O)(=O)c2cc(/C=C/C(=O)O)c(OC)cc2[C@@H](C2=CC=CCC2)N1. The zero-order valence-electron chi connectivity index (χ0n) is 19.1. The molecule has 0 spiro atoms. The summed E-state index contributed by atoms with van der Waals surface area (Å²) in [5.41, 5.74) is 1.72. The van der Waals surface area contributed by atoms with E-state index in [1.165, 1.54) is 13.2 Å². The van der Waals surface area contributed by atoms with Gasteiger partial charge in [0.1, 0.15) is 5.75 Å². The summed E-state index contributed by atoms with van der Waals surface area (Å²) < 4.78 is 32.9. The van der Waals surface area contributed by atoms with Crippen LogP contribution < -0.4 is 10.1 Å². The molecule has 0 bridgehead atoms. The molecule has 32 heavy (non-hydrogen) atoms. The predicted molar refractivity (Wildman–Crippen MR) is 127 cm³/mol. The lowest BCUT2D eigenvalue weighted by Crippen LogP contribution is -2.50. The number of unbranched alkanes of at least 4 members (excludes halogenated alkanes) is 1. The summed E-state index contributed by atoms with van der Waals surface area (Å²) in [6.07, 6.45) is 13.8. The first-order valence-corrected chi connectivity index (χ1v) is 12.9. The molecule has 2 N–H and O–H groups in total. The van der Waals surface area contributed by atoms with E-state index in [9.17, 15) is 13.2 Å². The molecule has 0 saturated heterocycles. The van der Waals surface area contributed by atoms with Crippen LogP contribution in [0.3, 0.4) is 0 Å². The summed E-state index contributed by atoms with van der Waals surface area (Å²) in [7, 11) is -2.12. The molecule has 0 fully saturated rings. The summed E-state index contributed by atoms with van der Waals surface area (Å²) in [6.45, 7) is 4.16. The number of allylic oxidation sites excluding steroid dienone is 3. The second kappa shape index (κ2) is 10.0. The van der Waals surface area contributed by atoms with Crippen LogP contribution in [0, 0.1) is 0 Å². The highest BCUT2D eigenvalue weighted by atomic mass is 32.2. The van der Waals surface area contributed by atoms with Crippen molar-refractivity contribution in [1.82, 2.24) is 5.32 Å². The van der Waals surface area contributed by atoms with Crippen molar-refractivity contribution in [3.63, 3.8) is 0 Å². The maximum Gasteiger partial charge on any atom is 0.328 e. The Morgan fingerprint density at radius 2 is 2.12 bits per heavy atom. The van der Waals surface area contributed by atoms with Crippen molar-refractivity contribution in [3.8, 4) is 5.75 Å². The number of fused-ring (bicyclic) bond motifs is 1. The third-order valence-electron chi connectivity index (χ3n) is 6.43. The number of sulfone groups is 1. The summed E-state index contributed by atoms with van der Waals surface area (Å²) in [5, 5.41) is 12.8. The number of aliphatic carboxylic acids is 1. The molecule has 1 aliphatic carbocycles. The van der Waals surface area contributed by atoms with Gasteiger partial charge in [0.05, 0.1) is 23.8 Å². The predicted octanol–water partition coefficient (Wildman–Crippen LogP) is 4.83. The molecule has 1 heterocycles. The summed E-state index contributed by atoms with van der Waals surface area (Å²) in [6, 6.07) is 3.08. The number of carboxylic acids is 1. The third kappa shape index (κ3) is 5.15. The van der Waals surface area contributed by atoms with Gasteiger partial charge in [0.25, 0.3) is 0 Å². The Morgan fingerprint density at radius 3 is 2.72 bits per heavy atom. The topological polar surface area (TPSA) is 92.7 Å². The Kier molecular flexibility index (Phi) is 7.62. The monoisotopic (exact) mass is 459 g/mol. The second-order valence-electron chi connectivity index (χ2n) is 8.59. The maximum atomic E-state index is 13.7. The fourth-order valence-corrected chi connectivity index (χ4v) is 6.77. The molecule has 0 unspecified atom stereocenters. The van der Waals surface area contributed by atoms with Gasteiger partial charge in [-0.15, -0.1) is 0 Å². The molecule has 1 aromatic carbocycles. The van der Waals surface area contributed by atoms with Crippen molar-refractivity contribution in [2.45, 2.75) is 68.8 Å². The number of carbonyl (C=O) groups is 1. The number of hydrogen-bond acceptors (Lipinski definition) is 5. The lowest BCUT2D eigenvalue weighted by Gasteiger charge is -2.37.